The third kappa shape index (κ3) is 2.29. The standard InChI is InChI=1S/C15H12ClFN2O2/c1-20-9-3-5-13-11(7-9)15(17)19(18-13)14-6-4-10(21-2)8-12(14)16/h3-8H,1-2H3. The normalized spacial score (nSPS) is 10.9. The van der Waals surface area contributed by atoms with Crippen molar-refractivity contribution in [2.45, 2.75) is 0 Å². The summed E-state index contributed by atoms with van der Waals surface area (Å²) in [5, 5.41) is 4.97. The molecule has 21 heavy (non-hydrogen) atoms. The van der Waals surface area contributed by atoms with Gasteiger partial charge in [-0.3, -0.25) is 0 Å². The third-order valence-corrected chi connectivity index (χ3v) is 3.51. The molecule has 0 saturated heterocycles. The summed E-state index contributed by atoms with van der Waals surface area (Å²) in [7, 11) is 3.07. The van der Waals surface area contributed by atoms with E-state index in [1.807, 2.05) is 0 Å². The molecular formula is C15H12ClFN2O2. The van der Waals surface area contributed by atoms with Crippen molar-refractivity contribution >= 4 is 22.5 Å². The minimum Gasteiger partial charge on any atom is -0.497 e. The van der Waals surface area contributed by atoms with Crippen molar-refractivity contribution in [2.75, 3.05) is 14.2 Å². The molecule has 3 rings (SSSR count). The topological polar surface area (TPSA) is 36.3 Å². The monoisotopic (exact) mass is 306 g/mol. The number of halogens is 2. The summed E-state index contributed by atoms with van der Waals surface area (Å²) in [6.07, 6.45) is 0. The van der Waals surface area contributed by atoms with E-state index in [1.54, 1.807) is 43.5 Å². The minimum absolute atomic E-state index is 0.355. The molecule has 3 aromatic rings. The molecule has 108 valence electrons. The van der Waals surface area contributed by atoms with Crippen molar-refractivity contribution in [3.63, 3.8) is 0 Å². The smallest absolute Gasteiger partial charge is 0.224 e. The number of hydrogen-bond acceptors (Lipinski definition) is 3. The van der Waals surface area contributed by atoms with Gasteiger partial charge in [0.15, 0.2) is 0 Å². The molecule has 0 spiro atoms. The van der Waals surface area contributed by atoms with E-state index in [-0.39, 0.29) is 0 Å². The van der Waals surface area contributed by atoms with E-state index < -0.39 is 5.95 Å². The van der Waals surface area contributed by atoms with Gasteiger partial charge >= 0.3 is 0 Å². The van der Waals surface area contributed by atoms with Gasteiger partial charge in [0.1, 0.15) is 11.5 Å². The second kappa shape index (κ2) is 5.26. The van der Waals surface area contributed by atoms with Gasteiger partial charge in [-0.05, 0) is 30.3 Å². The first-order valence-electron chi connectivity index (χ1n) is 6.20. The molecule has 0 fully saturated rings. The molecule has 0 bridgehead atoms. The molecule has 1 heterocycles. The highest BCUT2D eigenvalue weighted by Gasteiger charge is 2.15. The Morgan fingerprint density at radius 2 is 1.71 bits per heavy atom. The zero-order valence-electron chi connectivity index (χ0n) is 11.4. The lowest BCUT2D eigenvalue weighted by atomic mass is 10.2. The summed E-state index contributed by atoms with van der Waals surface area (Å²) in [5.41, 5.74) is 0.977. The summed E-state index contributed by atoms with van der Waals surface area (Å²) in [4.78, 5) is 0. The first kappa shape index (κ1) is 13.7. The summed E-state index contributed by atoms with van der Waals surface area (Å²) >= 11 is 6.17. The molecule has 0 N–H and O–H groups in total. The number of ether oxygens (including phenoxy) is 2. The zero-order chi connectivity index (χ0) is 15.0. The number of methoxy groups -OCH3 is 2. The highest BCUT2D eigenvalue weighted by atomic mass is 35.5. The van der Waals surface area contributed by atoms with Crippen molar-refractivity contribution in [1.29, 1.82) is 0 Å². The lowest BCUT2D eigenvalue weighted by molar-refractivity contribution is 0.414. The van der Waals surface area contributed by atoms with Crippen LogP contribution in [0, 0.1) is 5.95 Å². The number of rotatable bonds is 3. The molecule has 1 aromatic heterocycles. The Balaban J connectivity index is 2.18. The molecule has 0 aliphatic heterocycles. The van der Waals surface area contributed by atoms with Crippen LogP contribution >= 0.6 is 11.6 Å². The van der Waals surface area contributed by atoms with Crippen LogP contribution in [0.15, 0.2) is 36.4 Å². The fraction of sp³-hybridized carbons (Fsp3) is 0.133. The second-order valence-electron chi connectivity index (χ2n) is 4.40. The minimum atomic E-state index is -0.490. The average molecular weight is 307 g/mol. The van der Waals surface area contributed by atoms with Gasteiger partial charge in [-0.2, -0.15) is 9.49 Å². The lowest BCUT2D eigenvalue weighted by Gasteiger charge is -2.06. The summed E-state index contributed by atoms with van der Waals surface area (Å²) in [5.74, 6) is 0.681. The molecule has 0 atom stereocenters. The van der Waals surface area contributed by atoms with Crippen LogP contribution in [0.5, 0.6) is 11.5 Å². The van der Waals surface area contributed by atoms with Crippen molar-refractivity contribution < 1.29 is 13.9 Å². The molecule has 0 aliphatic carbocycles. The van der Waals surface area contributed by atoms with Crippen LogP contribution in [-0.4, -0.2) is 24.0 Å². The van der Waals surface area contributed by atoms with Crippen LogP contribution in [-0.2, 0) is 0 Å². The van der Waals surface area contributed by atoms with E-state index in [0.29, 0.717) is 33.1 Å². The number of nitrogens with zero attached hydrogens (tertiary/aromatic N) is 2. The number of fused-ring (bicyclic) bond motifs is 1. The van der Waals surface area contributed by atoms with Crippen molar-refractivity contribution in [1.82, 2.24) is 9.78 Å². The molecule has 0 aliphatic rings. The second-order valence-corrected chi connectivity index (χ2v) is 4.81. The van der Waals surface area contributed by atoms with Gasteiger partial charge in [0.05, 0.1) is 35.8 Å². The Morgan fingerprint density at radius 3 is 2.38 bits per heavy atom. The van der Waals surface area contributed by atoms with Crippen LogP contribution in [0.2, 0.25) is 5.02 Å². The van der Waals surface area contributed by atoms with E-state index in [0.717, 1.165) is 0 Å². The third-order valence-electron chi connectivity index (χ3n) is 3.20. The summed E-state index contributed by atoms with van der Waals surface area (Å²) < 4.78 is 25.9. The molecule has 6 heteroatoms. The fourth-order valence-corrected chi connectivity index (χ4v) is 2.36. The van der Waals surface area contributed by atoms with E-state index in [4.69, 9.17) is 21.1 Å². The Hall–Kier alpha value is -2.27. The van der Waals surface area contributed by atoms with E-state index in [9.17, 15) is 4.39 Å². The highest BCUT2D eigenvalue weighted by molar-refractivity contribution is 6.32. The number of aromatic nitrogens is 2. The maximum Gasteiger partial charge on any atom is 0.224 e. The number of hydrogen-bond donors (Lipinski definition) is 0. The van der Waals surface area contributed by atoms with Gasteiger partial charge < -0.3 is 9.47 Å². The van der Waals surface area contributed by atoms with Gasteiger partial charge in [-0.15, -0.1) is 0 Å². The average Bonchev–Trinajstić information content (AvgIpc) is 2.83. The van der Waals surface area contributed by atoms with Gasteiger partial charge in [-0.25, -0.2) is 4.68 Å². The maximum atomic E-state index is 14.5. The van der Waals surface area contributed by atoms with E-state index >= 15 is 0 Å². The van der Waals surface area contributed by atoms with Crippen molar-refractivity contribution in [3.05, 3.63) is 47.4 Å². The Labute approximate surface area is 125 Å². The van der Waals surface area contributed by atoms with E-state index in [1.165, 1.54) is 11.8 Å². The van der Waals surface area contributed by atoms with Crippen LogP contribution in [0.4, 0.5) is 4.39 Å². The summed E-state index contributed by atoms with van der Waals surface area (Å²) in [6.45, 7) is 0. The van der Waals surface area contributed by atoms with Crippen LogP contribution in [0.3, 0.4) is 0 Å². The van der Waals surface area contributed by atoms with Crippen LogP contribution in [0.25, 0.3) is 16.6 Å². The largest absolute Gasteiger partial charge is 0.497 e. The van der Waals surface area contributed by atoms with Crippen LogP contribution < -0.4 is 9.47 Å². The molecular weight excluding hydrogens is 295 g/mol. The fourth-order valence-electron chi connectivity index (χ4n) is 2.11. The molecule has 0 unspecified atom stereocenters. The van der Waals surface area contributed by atoms with Gasteiger partial charge in [0.2, 0.25) is 5.95 Å². The molecule has 4 nitrogen and oxygen atoms in total. The van der Waals surface area contributed by atoms with Crippen molar-refractivity contribution in [2.24, 2.45) is 0 Å². The summed E-state index contributed by atoms with van der Waals surface area (Å²) in [6, 6.07) is 10.0. The molecule has 0 amide bonds. The Kier molecular flexibility index (Phi) is 3.43. The predicted octanol–water partition coefficient (Wildman–Crippen LogP) is 3.84. The quantitative estimate of drug-likeness (QED) is 0.738. The van der Waals surface area contributed by atoms with Crippen LogP contribution in [0.1, 0.15) is 0 Å². The Bertz CT molecular complexity index is 817. The first-order chi connectivity index (χ1) is 10.1. The van der Waals surface area contributed by atoms with Gasteiger partial charge in [0, 0.05) is 6.07 Å². The first-order valence-corrected chi connectivity index (χ1v) is 6.58. The maximum absolute atomic E-state index is 14.5. The van der Waals surface area contributed by atoms with Gasteiger partial charge in [-0.1, -0.05) is 11.6 Å². The highest BCUT2D eigenvalue weighted by Crippen LogP contribution is 2.29. The molecule has 2 aromatic carbocycles. The van der Waals surface area contributed by atoms with Gasteiger partial charge in [0.25, 0.3) is 0 Å². The Morgan fingerprint density at radius 1 is 1.05 bits per heavy atom. The van der Waals surface area contributed by atoms with Crippen molar-refractivity contribution in [3.8, 4) is 17.2 Å². The zero-order valence-corrected chi connectivity index (χ0v) is 12.2. The number of benzene rings is 2. The lowest BCUT2D eigenvalue weighted by Crippen LogP contribution is -2.00. The van der Waals surface area contributed by atoms with E-state index in [2.05, 4.69) is 5.10 Å². The SMILES string of the molecule is COc1ccc(-n2nc3ccc(OC)cc3c2F)c(Cl)c1. The molecule has 0 saturated carbocycles. The predicted molar refractivity (Wildman–Crippen MR) is 79.1 cm³/mol. The molecule has 0 radical (unpaired) electrons.